The van der Waals surface area contributed by atoms with E-state index in [1.807, 2.05) is 5.32 Å². The summed E-state index contributed by atoms with van der Waals surface area (Å²) in [4.78, 5) is 239. The van der Waals surface area contributed by atoms with Crippen LogP contribution in [-0.4, -0.2) is 315 Å². The summed E-state index contributed by atoms with van der Waals surface area (Å²) in [6.45, 7) is 0.697. The lowest BCUT2D eigenvalue weighted by Gasteiger charge is -2.40. The molecule has 18 unspecified atom stereocenters. The van der Waals surface area contributed by atoms with E-state index in [1.165, 1.54) is 6.92 Å². The molecule has 0 aliphatic carbocycles. The van der Waals surface area contributed by atoms with E-state index >= 15 is 0 Å². The van der Waals surface area contributed by atoms with Gasteiger partial charge in [-0.15, -0.1) is 0 Å². The van der Waals surface area contributed by atoms with E-state index < -0.39 is 307 Å². The first kappa shape index (κ1) is 99.5. The van der Waals surface area contributed by atoms with Crippen molar-refractivity contribution in [3.05, 3.63) is 35.9 Å². The summed E-state index contributed by atoms with van der Waals surface area (Å²) in [7, 11) is 0. The second-order valence-corrected chi connectivity index (χ2v) is 27.7. The van der Waals surface area contributed by atoms with Gasteiger partial charge in [0.1, 0.15) is 78.8 Å². The van der Waals surface area contributed by atoms with Crippen LogP contribution in [0.5, 0.6) is 0 Å². The Morgan fingerprint density at radius 3 is 1.53 bits per heavy atom. The minimum absolute atomic E-state index is 0.0298. The zero-order valence-electron chi connectivity index (χ0n) is 64.7. The van der Waals surface area contributed by atoms with E-state index in [4.69, 9.17) is 32.4 Å². The number of hydrogen-bond donors (Lipinski definition) is 25. The smallest absolute Gasteiger partial charge is 0.328 e. The summed E-state index contributed by atoms with van der Waals surface area (Å²) in [5, 5.41) is 110. The fraction of sp³-hybridized carbons (Fsp3) is 0.657. The van der Waals surface area contributed by atoms with Crippen LogP contribution in [0.3, 0.4) is 0 Å². The van der Waals surface area contributed by atoms with Crippen LogP contribution in [0.4, 0.5) is 0 Å². The number of aliphatic carboxylic acids is 3. The molecule has 0 aromatic heterocycles. The van der Waals surface area contributed by atoms with Crippen molar-refractivity contribution in [2.24, 2.45) is 28.9 Å². The number of ether oxygens (including phenoxy) is 2. The SMILES string of the molecule is CCC(C)C(NC(=O)CN)C(=O)NC(C)C(=O)NCC(=O)NC(Cc1ccccc1)C(=O)NC(CCC(CN)OC1OC(CO)C(O)C(O)C1O)C(=O)NCC(=O)NC(CCC(=O)O)C(=O)NC(CCC(N)=O)C(=O)NCC(=O)N1CCCC1C(=O)NC(CCCCN)C(=O)NCC(=O)NC(CCC(=O)O)C(=O)NC(C(=O)O)C(C)O. The highest BCUT2D eigenvalue weighted by molar-refractivity contribution is 5.99. The lowest BCUT2D eigenvalue weighted by Crippen LogP contribution is -2.60. The number of likely N-dealkylation sites (tertiary alicyclic amines) is 1. The molecule has 46 nitrogen and oxygen atoms in total. The van der Waals surface area contributed by atoms with Crippen LogP contribution < -0.4 is 92.1 Å². The molecule has 116 heavy (non-hydrogen) atoms. The van der Waals surface area contributed by atoms with Gasteiger partial charge >= 0.3 is 17.9 Å². The van der Waals surface area contributed by atoms with Crippen LogP contribution in [0.25, 0.3) is 0 Å². The summed E-state index contributed by atoms with van der Waals surface area (Å²) in [5.41, 5.74) is 23.0. The van der Waals surface area contributed by atoms with Gasteiger partial charge in [0.05, 0.1) is 51.5 Å². The highest BCUT2D eigenvalue weighted by Gasteiger charge is 2.46. The Morgan fingerprint density at radius 2 is 1.03 bits per heavy atom. The average Bonchev–Trinajstić information content (AvgIpc) is 1.22. The highest BCUT2D eigenvalue weighted by atomic mass is 16.7. The van der Waals surface area contributed by atoms with Crippen molar-refractivity contribution < 1.29 is 137 Å². The zero-order valence-corrected chi connectivity index (χ0v) is 64.7. The molecular formula is C70H112N18O28. The number of rotatable bonds is 53. The van der Waals surface area contributed by atoms with Gasteiger partial charge in [0.2, 0.25) is 88.6 Å². The first-order valence-corrected chi connectivity index (χ1v) is 37.6. The fourth-order valence-electron chi connectivity index (χ4n) is 11.8. The number of nitrogens with one attached hydrogen (secondary N) is 13. The van der Waals surface area contributed by atoms with E-state index in [9.17, 15) is 127 Å². The molecular weight excluding hydrogens is 1540 g/mol. The number of carboxylic acid groups (broad SMARTS) is 3. The van der Waals surface area contributed by atoms with Crippen molar-refractivity contribution in [2.45, 2.75) is 227 Å². The highest BCUT2D eigenvalue weighted by Crippen LogP contribution is 2.25. The third-order valence-electron chi connectivity index (χ3n) is 18.6. The van der Waals surface area contributed by atoms with Crippen molar-refractivity contribution in [1.82, 2.24) is 74.0 Å². The second-order valence-electron chi connectivity index (χ2n) is 27.7. The topological polar surface area (TPSA) is 751 Å². The molecule has 3 rings (SSSR count). The molecule has 2 aliphatic heterocycles. The Bertz CT molecular complexity index is 3530. The summed E-state index contributed by atoms with van der Waals surface area (Å²) < 4.78 is 11.3. The number of aliphatic hydroxyl groups is 5. The van der Waals surface area contributed by atoms with Crippen LogP contribution in [0.1, 0.15) is 123 Å². The number of carbonyl (C=O) groups excluding carboxylic acids is 15. The third kappa shape index (κ3) is 34.8. The van der Waals surface area contributed by atoms with Crippen LogP contribution in [-0.2, 0) is 102 Å². The lowest BCUT2D eigenvalue weighted by molar-refractivity contribution is -0.310. The van der Waals surface area contributed by atoms with Crippen LogP contribution in [0.15, 0.2) is 30.3 Å². The summed E-state index contributed by atoms with van der Waals surface area (Å²) in [5.74, 6) is -19.8. The number of carboxylic acids is 3. The number of primary amides is 1. The van der Waals surface area contributed by atoms with Crippen molar-refractivity contribution in [2.75, 3.05) is 59.0 Å². The maximum Gasteiger partial charge on any atom is 0.328 e. The second kappa shape index (κ2) is 51.3. The minimum atomic E-state index is -1.91. The number of aliphatic hydroxyl groups excluding tert-OH is 5. The van der Waals surface area contributed by atoms with E-state index in [0.717, 1.165) is 11.8 Å². The van der Waals surface area contributed by atoms with Gasteiger partial charge < -0.3 is 147 Å². The van der Waals surface area contributed by atoms with Gasteiger partial charge in [0.25, 0.3) is 0 Å². The maximum absolute atomic E-state index is 14.5. The Balaban J connectivity index is 1.85. The van der Waals surface area contributed by atoms with Crippen molar-refractivity contribution in [1.29, 1.82) is 0 Å². The summed E-state index contributed by atoms with van der Waals surface area (Å²) in [6.07, 6.45) is -15.3. The monoisotopic (exact) mass is 1650 g/mol. The number of hydrogen-bond acceptors (Lipinski definition) is 28. The number of amides is 15. The van der Waals surface area contributed by atoms with Crippen LogP contribution in [0.2, 0.25) is 0 Å². The first-order chi connectivity index (χ1) is 54.8. The molecule has 2 saturated heterocycles. The largest absolute Gasteiger partial charge is 0.481 e. The Labute approximate surface area is 666 Å². The molecule has 15 amide bonds. The molecule has 1 aromatic rings. The van der Waals surface area contributed by atoms with Gasteiger partial charge in [-0.2, -0.15) is 0 Å². The van der Waals surface area contributed by atoms with Gasteiger partial charge in [-0.1, -0.05) is 50.6 Å². The van der Waals surface area contributed by atoms with E-state index in [-0.39, 0.29) is 51.6 Å². The molecule has 29 N–H and O–H groups in total. The van der Waals surface area contributed by atoms with Crippen molar-refractivity contribution >= 4 is 107 Å². The molecule has 18 atom stereocenters. The fourth-order valence-corrected chi connectivity index (χ4v) is 11.8. The molecule has 0 saturated carbocycles. The molecule has 650 valence electrons. The Hall–Kier alpha value is -10.7. The Morgan fingerprint density at radius 1 is 0.534 bits per heavy atom. The molecule has 0 radical (unpaired) electrons. The number of carbonyl (C=O) groups is 18. The van der Waals surface area contributed by atoms with Gasteiger partial charge in [0.15, 0.2) is 12.3 Å². The van der Waals surface area contributed by atoms with Crippen molar-refractivity contribution in [3.63, 3.8) is 0 Å². The quantitative estimate of drug-likeness (QED) is 0.0269. The predicted octanol–water partition coefficient (Wildman–Crippen LogP) is -11.4. The first-order valence-electron chi connectivity index (χ1n) is 37.6. The minimum Gasteiger partial charge on any atom is -0.481 e. The standard InChI is InChI=1S/C70H112N18O28/c1-5-34(2)55(86-48(92)28-73)68(112)79-35(3)60(104)75-29-51(95)82-44(26-37-12-7-6-8-13-37)66(110)84-40(17-16-38(27-72)115-70-59(103)58(102)57(101)46(33-89)116-70)62(106)77-31-49(93)80-42(19-22-53(97)98)64(108)83-41(18-21-47(74)91)63(107)78-32-52(96)88-25-11-15-45(88)67(111)85-39(14-9-10-24-71)61(105)76-30-50(94)81-43(20-23-54(99)100)65(109)87-56(36(4)90)69(113)114/h6-8,12-13,34-36,38-46,55-59,70,89-90,101-103H,5,9-11,14-33,71-73H2,1-4H3,(H2,74,91)(H,75,104)(H,76,105)(H,77,106)(H,78,107)(H,79,112)(H,80,93)(H,81,94)(H,82,95)(H,83,108)(H,84,110)(H,85,111)(H,86,92)(H,87,109)(H,97,98)(H,99,100)(H,113,114). The predicted molar refractivity (Wildman–Crippen MR) is 400 cm³/mol. The molecule has 1 aromatic carbocycles. The molecule has 2 aliphatic rings. The third-order valence-corrected chi connectivity index (χ3v) is 18.6. The van der Waals surface area contributed by atoms with E-state index in [2.05, 4.69) is 63.8 Å². The number of nitrogens with two attached hydrogens (primary N) is 4. The van der Waals surface area contributed by atoms with Crippen molar-refractivity contribution in [3.8, 4) is 0 Å². The van der Waals surface area contributed by atoms with Gasteiger partial charge in [0, 0.05) is 38.8 Å². The molecule has 0 spiro atoms. The molecule has 0 bridgehead atoms. The van der Waals surface area contributed by atoms with E-state index in [1.54, 1.807) is 44.2 Å². The van der Waals surface area contributed by atoms with Gasteiger partial charge in [-0.05, 0) is 96.1 Å². The Kier molecular flexibility index (Phi) is 44.0. The normalized spacial score (nSPS) is 19.5. The maximum atomic E-state index is 14.5. The number of benzene rings is 1. The lowest BCUT2D eigenvalue weighted by atomic mass is 9.98. The van der Waals surface area contributed by atoms with Gasteiger partial charge in [-0.25, -0.2) is 4.79 Å². The number of unbranched alkanes of at least 4 members (excludes halogenated alkanes) is 1. The number of nitrogens with zero attached hydrogens (tertiary/aromatic N) is 1. The van der Waals surface area contributed by atoms with Crippen LogP contribution >= 0.6 is 0 Å². The zero-order chi connectivity index (χ0) is 87.1. The van der Waals surface area contributed by atoms with E-state index in [0.29, 0.717) is 18.4 Å². The molecule has 46 heteroatoms. The van der Waals surface area contributed by atoms with Crippen LogP contribution in [0, 0.1) is 5.92 Å². The summed E-state index contributed by atoms with van der Waals surface area (Å²) in [6, 6.07) is -7.36. The average molecular weight is 1650 g/mol. The molecule has 2 fully saturated rings. The van der Waals surface area contributed by atoms with Gasteiger partial charge in [-0.3, -0.25) is 81.5 Å². The summed E-state index contributed by atoms with van der Waals surface area (Å²) >= 11 is 0. The molecule has 2 heterocycles.